The summed E-state index contributed by atoms with van der Waals surface area (Å²) in [7, 11) is 1.62. The fraction of sp³-hybridized carbons (Fsp3) is 0.333. The van der Waals surface area contributed by atoms with E-state index in [4.69, 9.17) is 4.74 Å². The van der Waals surface area contributed by atoms with Crippen LogP contribution in [-0.2, 0) is 7.05 Å². The molecule has 0 saturated heterocycles. The highest BCUT2D eigenvalue weighted by Gasteiger charge is 2.33. The van der Waals surface area contributed by atoms with Crippen molar-refractivity contribution in [2.75, 3.05) is 0 Å². The van der Waals surface area contributed by atoms with Crippen LogP contribution in [0.15, 0.2) is 22.8 Å². The molecule has 0 atom stereocenters. The second kappa shape index (κ2) is 6.02. The molecule has 9 heteroatoms. The number of nitriles is 1. The summed E-state index contributed by atoms with van der Waals surface area (Å²) in [5.74, 6) is -0.370. The van der Waals surface area contributed by atoms with Crippen LogP contribution in [0.3, 0.4) is 0 Å². The molecule has 1 aromatic carbocycles. The molecule has 0 radical (unpaired) electrons. The lowest BCUT2D eigenvalue weighted by atomic mass is 10.0. The zero-order chi connectivity index (χ0) is 17.5. The average molecular weight is 402 g/mol. The summed E-state index contributed by atoms with van der Waals surface area (Å²) < 4.78 is 49.5. The average Bonchev–Trinajstić information content (AvgIpc) is 3.21. The maximum Gasteiger partial charge on any atom is 0.573 e. The zero-order valence-corrected chi connectivity index (χ0v) is 14.0. The van der Waals surface area contributed by atoms with Gasteiger partial charge in [0.1, 0.15) is 23.1 Å². The molecule has 1 heterocycles. The molecule has 0 amide bonds. The first-order valence-electron chi connectivity index (χ1n) is 6.97. The standard InChI is InChI=1S/C15H11BrF3N3O2/c1-22-14(12(16)7-21-22)10-4-9(24-15(17,18)19)5-13(11(10)6-20)23-8-2-3-8/h4-5,7-8H,2-3H2,1H3. The topological polar surface area (TPSA) is 60.1 Å². The Hall–Kier alpha value is -2.21. The van der Waals surface area contributed by atoms with Crippen LogP contribution < -0.4 is 9.47 Å². The van der Waals surface area contributed by atoms with Gasteiger partial charge in [-0.1, -0.05) is 0 Å². The molecule has 1 fully saturated rings. The smallest absolute Gasteiger partial charge is 0.489 e. The summed E-state index contributed by atoms with van der Waals surface area (Å²) in [4.78, 5) is 0. The van der Waals surface area contributed by atoms with Crippen LogP contribution in [0, 0.1) is 11.3 Å². The molecule has 2 aromatic rings. The molecule has 0 N–H and O–H groups in total. The van der Waals surface area contributed by atoms with E-state index in [0.717, 1.165) is 25.0 Å². The number of hydrogen-bond acceptors (Lipinski definition) is 4. The van der Waals surface area contributed by atoms with E-state index in [1.165, 1.54) is 10.9 Å². The lowest BCUT2D eigenvalue weighted by Gasteiger charge is -2.16. The summed E-state index contributed by atoms with van der Waals surface area (Å²) in [6, 6.07) is 4.26. The molecule has 24 heavy (non-hydrogen) atoms. The third-order valence-corrected chi connectivity index (χ3v) is 3.97. The highest BCUT2D eigenvalue weighted by molar-refractivity contribution is 9.10. The molecule has 1 aliphatic rings. The van der Waals surface area contributed by atoms with Crippen LogP contribution in [0.4, 0.5) is 13.2 Å². The van der Waals surface area contributed by atoms with Crippen molar-refractivity contribution in [3.63, 3.8) is 0 Å². The van der Waals surface area contributed by atoms with E-state index in [-0.39, 0.29) is 23.0 Å². The number of nitrogens with zero attached hydrogens (tertiary/aromatic N) is 3. The molecule has 5 nitrogen and oxygen atoms in total. The van der Waals surface area contributed by atoms with Gasteiger partial charge in [0.15, 0.2) is 0 Å². The Morgan fingerprint density at radius 1 is 1.38 bits per heavy atom. The van der Waals surface area contributed by atoms with Crippen LogP contribution in [0.1, 0.15) is 18.4 Å². The number of aromatic nitrogens is 2. The van der Waals surface area contributed by atoms with E-state index in [0.29, 0.717) is 10.2 Å². The molecular formula is C15H11BrF3N3O2. The van der Waals surface area contributed by atoms with E-state index in [9.17, 15) is 18.4 Å². The zero-order valence-electron chi connectivity index (χ0n) is 12.4. The number of halogens is 4. The maximum atomic E-state index is 12.6. The molecule has 0 aliphatic heterocycles. The number of benzene rings is 1. The Kier molecular flexibility index (Phi) is 4.17. The Bertz CT molecular complexity index is 803. The van der Waals surface area contributed by atoms with E-state index in [2.05, 4.69) is 25.8 Å². The van der Waals surface area contributed by atoms with Crippen molar-refractivity contribution >= 4 is 15.9 Å². The normalized spacial score (nSPS) is 14.3. The molecule has 126 valence electrons. The van der Waals surface area contributed by atoms with Crippen LogP contribution in [-0.4, -0.2) is 22.2 Å². The Morgan fingerprint density at radius 2 is 2.08 bits per heavy atom. The molecule has 0 bridgehead atoms. The molecule has 3 rings (SSSR count). The van der Waals surface area contributed by atoms with Crippen molar-refractivity contribution in [2.45, 2.75) is 25.3 Å². The fourth-order valence-corrected chi connectivity index (χ4v) is 2.82. The van der Waals surface area contributed by atoms with Crippen LogP contribution in [0.2, 0.25) is 0 Å². The van der Waals surface area contributed by atoms with Gasteiger partial charge in [0.05, 0.1) is 22.5 Å². The second-order valence-electron chi connectivity index (χ2n) is 5.29. The number of hydrogen-bond donors (Lipinski definition) is 0. The summed E-state index contributed by atoms with van der Waals surface area (Å²) in [6.07, 6.45) is -1.82. The lowest BCUT2D eigenvalue weighted by molar-refractivity contribution is -0.274. The maximum absolute atomic E-state index is 12.6. The van der Waals surface area contributed by atoms with Crippen molar-refractivity contribution in [1.82, 2.24) is 9.78 Å². The van der Waals surface area contributed by atoms with E-state index in [1.54, 1.807) is 7.05 Å². The first-order chi connectivity index (χ1) is 11.3. The Labute approximate surface area is 143 Å². The third-order valence-electron chi connectivity index (χ3n) is 3.39. The molecule has 0 unspecified atom stereocenters. The van der Waals surface area contributed by atoms with Crippen LogP contribution in [0.5, 0.6) is 11.5 Å². The lowest BCUT2D eigenvalue weighted by Crippen LogP contribution is -2.17. The first-order valence-corrected chi connectivity index (χ1v) is 7.76. The number of rotatable bonds is 4. The van der Waals surface area contributed by atoms with Crippen molar-refractivity contribution in [3.05, 3.63) is 28.4 Å². The van der Waals surface area contributed by atoms with Gasteiger partial charge in [-0.25, -0.2) is 0 Å². The summed E-state index contributed by atoms with van der Waals surface area (Å²) >= 11 is 3.29. The molecule has 0 spiro atoms. The second-order valence-corrected chi connectivity index (χ2v) is 6.14. The van der Waals surface area contributed by atoms with E-state index in [1.807, 2.05) is 6.07 Å². The fourth-order valence-electron chi connectivity index (χ4n) is 2.26. The Morgan fingerprint density at radius 3 is 2.58 bits per heavy atom. The molecular weight excluding hydrogens is 391 g/mol. The minimum absolute atomic E-state index is 0.0739. The predicted octanol–water partition coefficient (Wildman–Crippen LogP) is 4.16. The summed E-state index contributed by atoms with van der Waals surface area (Å²) in [5, 5.41) is 13.5. The van der Waals surface area contributed by atoms with Crippen molar-refractivity contribution < 1.29 is 22.6 Å². The molecule has 1 aromatic heterocycles. The molecule has 1 aliphatic carbocycles. The van der Waals surface area contributed by atoms with Crippen molar-refractivity contribution in [2.24, 2.45) is 7.05 Å². The molecule has 1 saturated carbocycles. The summed E-state index contributed by atoms with van der Waals surface area (Å²) in [6.45, 7) is 0. The van der Waals surface area contributed by atoms with Gasteiger partial charge in [-0.2, -0.15) is 10.4 Å². The number of ether oxygens (including phenoxy) is 2. The van der Waals surface area contributed by atoms with E-state index >= 15 is 0 Å². The van der Waals surface area contributed by atoms with Gasteiger partial charge in [0, 0.05) is 18.7 Å². The predicted molar refractivity (Wildman–Crippen MR) is 81.4 cm³/mol. The highest BCUT2D eigenvalue weighted by Crippen LogP contribution is 2.41. The third kappa shape index (κ3) is 3.48. The van der Waals surface area contributed by atoms with Gasteiger partial charge in [0.2, 0.25) is 0 Å². The number of alkyl halides is 3. The number of aryl methyl sites for hydroxylation is 1. The van der Waals surface area contributed by atoms with Crippen LogP contribution >= 0.6 is 15.9 Å². The van der Waals surface area contributed by atoms with Gasteiger partial charge in [-0.05, 0) is 34.8 Å². The highest BCUT2D eigenvalue weighted by atomic mass is 79.9. The first kappa shape index (κ1) is 16.6. The summed E-state index contributed by atoms with van der Waals surface area (Å²) in [5.41, 5.74) is 0.849. The van der Waals surface area contributed by atoms with Gasteiger partial charge in [0.25, 0.3) is 0 Å². The van der Waals surface area contributed by atoms with Crippen molar-refractivity contribution in [3.8, 4) is 28.8 Å². The minimum Gasteiger partial charge on any atom is -0.489 e. The van der Waals surface area contributed by atoms with Gasteiger partial charge in [-0.15, -0.1) is 13.2 Å². The van der Waals surface area contributed by atoms with Gasteiger partial charge in [-0.3, -0.25) is 4.68 Å². The van der Waals surface area contributed by atoms with E-state index < -0.39 is 12.1 Å². The van der Waals surface area contributed by atoms with Crippen LogP contribution in [0.25, 0.3) is 11.3 Å². The quantitative estimate of drug-likeness (QED) is 0.771. The minimum atomic E-state index is -4.84. The monoisotopic (exact) mass is 401 g/mol. The SMILES string of the molecule is Cn1ncc(Br)c1-c1cc(OC(F)(F)F)cc(OC2CC2)c1C#N. The largest absolute Gasteiger partial charge is 0.573 e. The van der Waals surface area contributed by atoms with Gasteiger partial charge < -0.3 is 9.47 Å². The van der Waals surface area contributed by atoms with Gasteiger partial charge >= 0.3 is 6.36 Å². The van der Waals surface area contributed by atoms with Crippen molar-refractivity contribution in [1.29, 1.82) is 5.26 Å². The Balaban J connectivity index is 2.17.